The number of aliphatic hydroxyl groups is 1. The molecule has 0 saturated heterocycles. The zero-order chi connectivity index (χ0) is 11.4. The molecule has 0 aliphatic heterocycles. The predicted molar refractivity (Wildman–Crippen MR) is 62.4 cm³/mol. The molecule has 0 aliphatic carbocycles. The van der Waals surface area contributed by atoms with Crippen LogP contribution in [0.1, 0.15) is 37.8 Å². The van der Waals surface area contributed by atoms with Crippen molar-refractivity contribution in [2.45, 2.75) is 39.7 Å². The van der Waals surface area contributed by atoms with Gasteiger partial charge in [0.05, 0.1) is 6.10 Å². The van der Waals surface area contributed by atoms with Crippen molar-refractivity contribution in [1.82, 2.24) is 0 Å². The van der Waals surface area contributed by atoms with Gasteiger partial charge in [-0.05, 0) is 37.0 Å². The van der Waals surface area contributed by atoms with Gasteiger partial charge in [-0.1, -0.05) is 26.0 Å². The van der Waals surface area contributed by atoms with E-state index in [0.717, 1.165) is 5.75 Å². The van der Waals surface area contributed by atoms with E-state index in [1.165, 1.54) is 11.1 Å². The molecular weight excluding hydrogens is 188 g/mol. The van der Waals surface area contributed by atoms with Gasteiger partial charge in [0.15, 0.2) is 0 Å². The van der Waals surface area contributed by atoms with Gasteiger partial charge in [0.1, 0.15) is 12.4 Å². The maximum atomic E-state index is 9.19. The number of ether oxygens (including phenoxy) is 1. The minimum absolute atomic E-state index is 0.350. The number of benzene rings is 1. The predicted octanol–water partition coefficient (Wildman–Crippen LogP) is 2.88. The lowest BCUT2D eigenvalue weighted by Gasteiger charge is -2.15. The van der Waals surface area contributed by atoms with Gasteiger partial charge in [-0.25, -0.2) is 0 Å². The van der Waals surface area contributed by atoms with E-state index in [0.29, 0.717) is 12.5 Å². The van der Waals surface area contributed by atoms with Crippen molar-refractivity contribution in [3.8, 4) is 5.75 Å². The molecule has 1 aromatic carbocycles. The molecule has 0 heterocycles. The van der Waals surface area contributed by atoms with E-state index in [1.54, 1.807) is 6.92 Å². The first-order valence-electron chi connectivity index (χ1n) is 5.42. The minimum atomic E-state index is -0.425. The Hall–Kier alpha value is -1.02. The Balaban J connectivity index is 2.87. The fourth-order valence-corrected chi connectivity index (χ4v) is 1.45. The van der Waals surface area contributed by atoms with E-state index >= 15 is 0 Å². The van der Waals surface area contributed by atoms with E-state index in [9.17, 15) is 5.11 Å². The van der Waals surface area contributed by atoms with Crippen LogP contribution in [0.3, 0.4) is 0 Å². The molecule has 2 heteroatoms. The van der Waals surface area contributed by atoms with Crippen molar-refractivity contribution in [2.24, 2.45) is 0 Å². The second-order valence-electron chi connectivity index (χ2n) is 4.36. The van der Waals surface area contributed by atoms with Crippen molar-refractivity contribution in [1.29, 1.82) is 0 Å². The normalized spacial score (nSPS) is 12.9. The zero-order valence-corrected chi connectivity index (χ0v) is 9.95. The van der Waals surface area contributed by atoms with Gasteiger partial charge in [0, 0.05) is 0 Å². The number of hydrogen-bond acceptors (Lipinski definition) is 2. The van der Waals surface area contributed by atoms with Crippen LogP contribution in [0.5, 0.6) is 5.75 Å². The van der Waals surface area contributed by atoms with Crippen molar-refractivity contribution in [3.63, 3.8) is 0 Å². The molecule has 15 heavy (non-hydrogen) atoms. The number of hydrogen-bond donors (Lipinski definition) is 1. The quantitative estimate of drug-likeness (QED) is 0.824. The molecule has 1 N–H and O–H groups in total. The Morgan fingerprint density at radius 3 is 2.47 bits per heavy atom. The van der Waals surface area contributed by atoms with E-state index in [2.05, 4.69) is 26.0 Å². The van der Waals surface area contributed by atoms with Crippen LogP contribution in [-0.4, -0.2) is 17.8 Å². The summed E-state index contributed by atoms with van der Waals surface area (Å²) in [5.41, 5.74) is 2.38. The standard InChI is InChI=1S/C13H20O2/c1-9(2)12-6-5-10(3)7-13(12)15-8-11(4)14/h5-7,9,11,14H,8H2,1-4H3/t11-/m0/s1. The van der Waals surface area contributed by atoms with Gasteiger partial charge in [0.25, 0.3) is 0 Å². The molecule has 0 amide bonds. The molecule has 1 rings (SSSR count). The summed E-state index contributed by atoms with van der Waals surface area (Å²) in [4.78, 5) is 0. The third-order valence-corrected chi connectivity index (χ3v) is 2.27. The van der Waals surface area contributed by atoms with E-state index in [4.69, 9.17) is 4.74 Å². The van der Waals surface area contributed by atoms with Crippen molar-refractivity contribution in [2.75, 3.05) is 6.61 Å². The molecular formula is C13H20O2. The van der Waals surface area contributed by atoms with Gasteiger partial charge in [0.2, 0.25) is 0 Å². The summed E-state index contributed by atoms with van der Waals surface area (Å²) in [5, 5.41) is 9.19. The molecule has 84 valence electrons. The van der Waals surface area contributed by atoms with Gasteiger partial charge < -0.3 is 9.84 Å². The van der Waals surface area contributed by atoms with Crippen LogP contribution in [0.25, 0.3) is 0 Å². The van der Waals surface area contributed by atoms with Gasteiger partial charge in [-0.3, -0.25) is 0 Å². The first-order valence-corrected chi connectivity index (χ1v) is 5.42. The lowest BCUT2D eigenvalue weighted by molar-refractivity contribution is 0.122. The molecule has 0 unspecified atom stereocenters. The Kier molecular flexibility index (Phi) is 4.15. The van der Waals surface area contributed by atoms with Gasteiger partial charge in [-0.2, -0.15) is 0 Å². The highest BCUT2D eigenvalue weighted by atomic mass is 16.5. The third kappa shape index (κ3) is 3.56. The topological polar surface area (TPSA) is 29.5 Å². The molecule has 0 spiro atoms. The summed E-state index contributed by atoms with van der Waals surface area (Å²) in [6.45, 7) is 8.40. The van der Waals surface area contributed by atoms with Crippen LogP contribution in [0.15, 0.2) is 18.2 Å². The molecule has 2 nitrogen and oxygen atoms in total. The average Bonchev–Trinajstić information content (AvgIpc) is 2.14. The summed E-state index contributed by atoms with van der Waals surface area (Å²) >= 11 is 0. The highest BCUT2D eigenvalue weighted by Crippen LogP contribution is 2.27. The number of aryl methyl sites for hydroxylation is 1. The van der Waals surface area contributed by atoms with Crippen molar-refractivity contribution < 1.29 is 9.84 Å². The first-order chi connectivity index (χ1) is 7.00. The maximum absolute atomic E-state index is 9.19. The summed E-state index contributed by atoms with van der Waals surface area (Å²) in [6, 6.07) is 6.21. The van der Waals surface area contributed by atoms with Gasteiger partial charge in [-0.15, -0.1) is 0 Å². The highest BCUT2D eigenvalue weighted by Gasteiger charge is 2.08. The average molecular weight is 208 g/mol. The molecule has 1 aromatic rings. The monoisotopic (exact) mass is 208 g/mol. The van der Waals surface area contributed by atoms with Crippen LogP contribution in [0.4, 0.5) is 0 Å². The summed E-state index contributed by atoms with van der Waals surface area (Å²) < 4.78 is 5.59. The van der Waals surface area contributed by atoms with Crippen LogP contribution in [-0.2, 0) is 0 Å². The second-order valence-corrected chi connectivity index (χ2v) is 4.36. The molecule has 0 fully saturated rings. The zero-order valence-electron chi connectivity index (χ0n) is 9.95. The third-order valence-electron chi connectivity index (χ3n) is 2.27. The fourth-order valence-electron chi connectivity index (χ4n) is 1.45. The van der Waals surface area contributed by atoms with E-state index in [-0.39, 0.29) is 0 Å². The lowest BCUT2D eigenvalue weighted by Crippen LogP contribution is -2.13. The van der Waals surface area contributed by atoms with Crippen molar-refractivity contribution in [3.05, 3.63) is 29.3 Å². The van der Waals surface area contributed by atoms with Crippen molar-refractivity contribution >= 4 is 0 Å². The van der Waals surface area contributed by atoms with Crippen LogP contribution in [0.2, 0.25) is 0 Å². The minimum Gasteiger partial charge on any atom is -0.491 e. The Labute approximate surface area is 91.9 Å². The van der Waals surface area contributed by atoms with Crippen LogP contribution < -0.4 is 4.74 Å². The summed E-state index contributed by atoms with van der Waals surface area (Å²) in [6.07, 6.45) is -0.425. The number of aliphatic hydroxyl groups excluding tert-OH is 1. The maximum Gasteiger partial charge on any atom is 0.123 e. The van der Waals surface area contributed by atoms with Crippen LogP contribution >= 0.6 is 0 Å². The second kappa shape index (κ2) is 5.17. The van der Waals surface area contributed by atoms with Gasteiger partial charge >= 0.3 is 0 Å². The first kappa shape index (κ1) is 12.1. The molecule has 0 aliphatic rings. The Morgan fingerprint density at radius 1 is 1.27 bits per heavy atom. The largest absolute Gasteiger partial charge is 0.491 e. The summed E-state index contributed by atoms with van der Waals surface area (Å²) in [5.74, 6) is 1.33. The number of rotatable bonds is 4. The Bertz CT molecular complexity index is 316. The Morgan fingerprint density at radius 2 is 1.93 bits per heavy atom. The molecule has 1 atom stereocenters. The molecule has 0 radical (unpaired) electrons. The SMILES string of the molecule is Cc1ccc(C(C)C)c(OC[C@H](C)O)c1. The van der Waals surface area contributed by atoms with E-state index in [1.807, 2.05) is 13.0 Å². The molecule has 0 bridgehead atoms. The lowest BCUT2D eigenvalue weighted by atomic mass is 10.0. The smallest absolute Gasteiger partial charge is 0.123 e. The highest BCUT2D eigenvalue weighted by molar-refractivity contribution is 5.39. The fraction of sp³-hybridized carbons (Fsp3) is 0.538. The molecule has 0 saturated carbocycles. The summed E-state index contributed by atoms with van der Waals surface area (Å²) in [7, 11) is 0. The molecule has 0 aromatic heterocycles. The van der Waals surface area contributed by atoms with Crippen LogP contribution in [0, 0.1) is 6.92 Å². The van der Waals surface area contributed by atoms with E-state index < -0.39 is 6.10 Å².